The quantitative estimate of drug-likeness (QED) is 0.210. The normalized spacial score (nSPS) is 12.1. The van der Waals surface area contributed by atoms with E-state index in [4.69, 9.17) is 4.43 Å². The molecule has 0 amide bonds. The molecule has 0 bridgehead atoms. The number of aryl methyl sites for hydroxylation is 1. The second kappa shape index (κ2) is 11.3. The Morgan fingerprint density at radius 1 is 0.711 bits per heavy atom. The molecule has 38 heavy (non-hydrogen) atoms. The summed E-state index contributed by atoms with van der Waals surface area (Å²) in [5, 5.41) is 0.175. The van der Waals surface area contributed by atoms with Crippen LogP contribution in [0.15, 0.2) is 91.0 Å². The first-order valence-corrected chi connectivity index (χ1v) is 17.0. The van der Waals surface area contributed by atoms with Crippen LogP contribution in [-0.2, 0) is 12.8 Å². The topological polar surface area (TPSA) is 9.23 Å². The van der Waals surface area contributed by atoms with Crippen molar-refractivity contribution in [2.75, 3.05) is 0 Å². The van der Waals surface area contributed by atoms with Crippen molar-refractivity contribution in [2.45, 2.75) is 78.4 Å². The van der Waals surface area contributed by atoms with Gasteiger partial charge in [0.25, 0.3) is 0 Å². The van der Waals surface area contributed by atoms with Crippen LogP contribution in [-0.4, -0.2) is 8.32 Å². The number of rotatable bonds is 8. The van der Waals surface area contributed by atoms with Crippen molar-refractivity contribution in [1.82, 2.24) is 0 Å². The van der Waals surface area contributed by atoms with E-state index in [9.17, 15) is 0 Å². The lowest BCUT2D eigenvalue weighted by Gasteiger charge is -2.36. The smallest absolute Gasteiger partial charge is 0.250 e. The lowest BCUT2D eigenvalue weighted by atomic mass is 9.88. The van der Waals surface area contributed by atoms with Crippen molar-refractivity contribution >= 4 is 8.32 Å². The van der Waals surface area contributed by atoms with Crippen molar-refractivity contribution in [3.8, 4) is 28.0 Å². The van der Waals surface area contributed by atoms with Crippen LogP contribution >= 0.6 is 0 Å². The molecule has 0 N–H and O–H groups in total. The molecule has 0 aliphatic rings. The van der Waals surface area contributed by atoms with Crippen LogP contribution in [0.25, 0.3) is 22.3 Å². The molecule has 0 saturated heterocycles. The minimum absolute atomic E-state index is 0.175. The van der Waals surface area contributed by atoms with E-state index < -0.39 is 8.32 Å². The van der Waals surface area contributed by atoms with Crippen molar-refractivity contribution in [3.05, 3.63) is 113 Å². The minimum atomic E-state index is -1.89. The van der Waals surface area contributed by atoms with Gasteiger partial charge in [-0.15, -0.1) is 0 Å². The first-order valence-electron chi connectivity index (χ1n) is 14.1. The van der Waals surface area contributed by atoms with Crippen LogP contribution in [0.4, 0.5) is 0 Å². The SMILES string of the molecule is CCc1cc(-c2ccc(O[Si](C)(C)C(C)(C)C)cc2C(C)C)ccc1-c1cccc(Cc2ccccc2)c1. The molecule has 0 radical (unpaired) electrons. The number of benzene rings is 4. The van der Waals surface area contributed by atoms with Crippen LogP contribution < -0.4 is 4.43 Å². The molecule has 0 atom stereocenters. The van der Waals surface area contributed by atoms with Gasteiger partial charge in [0.15, 0.2) is 0 Å². The van der Waals surface area contributed by atoms with Gasteiger partial charge in [-0.25, -0.2) is 0 Å². The molecular weight excluding hydrogens is 476 g/mol. The molecule has 4 aromatic rings. The second-order valence-electron chi connectivity index (χ2n) is 12.4. The molecule has 0 spiro atoms. The van der Waals surface area contributed by atoms with Gasteiger partial charge < -0.3 is 4.43 Å². The predicted molar refractivity (Wildman–Crippen MR) is 168 cm³/mol. The fraction of sp³-hybridized carbons (Fsp3) is 0.333. The van der Waals surface area contributed by atoms with Gasteiger partial charge in [0.1, 0.15) is 5.75 Å². The highest BCUT2D eigenvalue weighted by molar-refractivity contribution is 6.74. The summed E-state index contributed by atoms with van der Waals surface area (Å²) in [7, 11) is -1.89. The van der Waals surface area contributed by atoms with Gasteiger partial charge in [0.05, 0.1) is 0 Å². The summed E-state index contributed by atoms with van der Waals surface area (Å²) in [6.07, 6.45) is 1.95. The first-order chi connectivity index (χ1) is 18.0. The Bertz CT molecular complexity index is 1380. The lowest BCUT2D eigenvalue weighted by molar-refractivity contribution is 0.491. The molecule has 0 aliphatic heterocycles. The Morgan fingerprint density at radius 3 is 2.03 bits per heavy atom. The average Bonchev–Trinajstić information content (AvgIpc) is 2.88. The highest BCUT2D eigenvalue weighted by Crippen LogP contribution is 2.40. The van der Waals surface area contributed by atoms with Gasteiger partial charge in [-0.2, -0.15) is 0 Å². The van der Waals surface area contributed by atoms with Crippen molar-refractivity contribution in [2.24, 2.45) is 0 Å². The third-order valence-electron chi connectivity index (χ3n) is 8.11. The number of hydrogen-bond donors (Lipinski definition) is 0. The molecule has 0 aromatic heterocycles. The summed E-state index contributed by atoms with van der Waals surface area (Å²) in [5.74, 6) is 1.42. The van der Waals surface area contributed by atoms with Crippen molar-refractivity contribution in [3.63, 3.8) is 0 Å². The predicted octanol–water partition coefficient (Wildman–Crippen LogP) is 10.7. The summed E-state index contributed by atoms with van der Waals surface area (Å²) in [6, 6.07) is 33.5. The summed E-state index contributed by atoms with van der Waals surface area (Å²) >= 11 is 0. The molecule has 4 aromatic carbocycles. The molecule has 0 aliphatic carbocycles. The van der Waals surface area contributed by atoms with Crippen LogP contribution in [0.2, 0.25) is 18.1 Å². The zero-order chi connectivity index (χ0) is 27.5. The Morgan fingerprint density at radius 2 is 1.37 bits per heavy atom. The maximum atomic E-state index is 6.66. The maximum Gasteiger partial charge on any atom is 0.250 e. The fourth-order valence-corrected chi connectivity index (χ4v) is 5.83. The monoisotopic (exact) mass is 520 g/mol. The van der Waals surface area contributed by atoms with Gasteiger partial charge >= 0.3 is 0 Å². The summed E-state index contributed by atoms with van der Waals surface area (Å²) in [5.41, 5.74) is 10.6. The summed E-state index contributed by atoms with van der Waals surface area (Å²) in [4.78, 5) is 0. The van der Waals surface area contributed by atoms with Gasteiger partial charge in [-0.05, 0) is 93.5 Å². The molecule has 0 fully saturated rings. The minimum Gasteiger partial charge on any atom is -0.543 e. The molecule has 4 rings (SSSR count). The van der Waals surface area contributed by atoms with Crippen LogP contribution in [0.1, 0.15) is 69.7 Å². The Hall–Kier alpha value is -3.10. The second-order valence-corrected chi connectivity index (χ2v) is 17.1. The number of hydrogen-bond acceptors (Lipinski definition) is 1. The maximum absolute atomic E-state index is 6.66. The average molecular weight is 521 g/mol. The van der Waals surface area contributed by atoms with E-state index in [-0.39, 0.29) is 5.04 Å². The third kappa shape index (κ3) is 6.30. The first kappa shape index (κ1) is 27.9. The van der Waals surface area contributed by atoms with E-state index in [2.05, 4.69) is 146 Å². The van der Waals surface area contributed by atoms with E-state index in [1.54, 1.807) is 0 Å². The van der Waals surface area contributed by atoms with E-state index in [0.717, 1.165) is 18.6 Å². The fourth-order valence-electron chi connectivity index (χ4n) is 4.81. The Labute approximate surface area is 232 Å². The molecule has 0 heterocycles. The van der Waals surface area contributed by atoms with E-state index >= 15 is 0 Å². The van der Waals surface area contributed by atoms with Crippen LogP contribution in [0.3, 0.4) is 0 Å². The largest absolute Gasteiger partial charge is 0.543 e. The zero-order valence-corrected chi connectivity index (χ0v) is 25.6. The molecule has 1 nitrogen and oxygen atoms in total. The molecule has 0 saturated carbocycles. The highest BCUT2D eigenvalue weighted by Gasteiger charge is 2.39. The summed E-state index contributed by atoms with van der Waals surface area (Å²) < 4.78 is 6.66. The van der Waals surface area contributed by atoms with Gasteiger partial charge in [0.2, 0.25) is 8.32 Å². The lowest BCUT2D eigenvalue weighted by Crippen LogP contribution is -2.43. The van der Waals surface area contributed by atoms with Crippen molar-refractivity contribution in [1.29, 1.82) is 0 Å². The van der Waals surface area contributed by atoms with Crippen LogP contribution in [0.5, 0.6) is 5.75 Å². The molecular formula is C36H44OSi. The van der Waals surface area contributed by atoms with E-state index in [0.29, 0.717) is 5.92 Å². The Balaban J connectivity index is 1.67. The Kier molecular flexibility index (Phi) is 8.33. The van der Waals surface area contributed by atoms with Gasteiger partial charge in [0, 0.05) is 0 Å². The highest BCUT2D eigenvalue weighted by atomic mass is 28.4. The third-order valence-corrected chi connectivity index (χ3v) is 12.5. The standard InChI is InChI=1S/C36H44OSi/c1-9-29-24-31(34-21-19-32(25-35(34)26(2)3)37-38(7,8)36(4,5)6)18-20-33(29)30-17-13-16-28(23-30)22-27-14-11-10-12-15-27/h10-21,23-26H,9,22H2,1-8H3. The van der Waals surface area contributed by atoms with Gasteiger partial charge in [-0.3, -0.25) is 0 Å². The van der Waals surface area contributed by atoms with Crippen LogP contribution in [0, 0.1) is 0 Å². The summed E-state index contributed by atoms with van der Waals surface area (Å²) in [6.45, 7) is 18.3. The van der Waals surface area contributed by atoms with E-state index in [1.807, 2.05) is 0 Å². The van der Waals surface area contributed by atoms with E-state index in [1.165, 1.54) is 44.5 Å². The van der Waals surface area contributed by atoms with Crippen molar-refractivity contribution < 1.29 is 4.43 Å². The van der Waals surface area contributed by atoms with Gasteiger partial charge in [-0.1, -0.05) is 120 Å². The molecule has 198 valence electrons. The zero-order valence-electron chi connectivity index (χ0n) is 24.6. The molecule has 0 unspecified atom stereocenters. The molecule has 2 heteroatoms.